The summed E-state index contributed by atoms with van der Waals surface area (Å²) in [5.41, 5.74) is 0. The number of sulfonamides is 1. The fraction of sp³-hybridized carbons (Fsp3) is 0.727. The molecule has 0 radical (unpaired) electrons. The molecule has 0 amide bonds. The summed E-state index contributed by atoms with van der Waals surface area (Å²) < 4.78 is 26.1. The predicted molar refractivity (Wildman–Crippen MR) is 65.0 cm³/mol. The Hall–Kier alpha value is -0.880. The maximum Gasteiger partial charge on any atom is 0.246 e. The van der Waals surface area contributed by atoms with E-state index in [9.17, 15) is 8.42 Å². The Morgan fingerprint density at radius 1 is 1.29 bits per heavy atom. The molecular weight excluding hydrogens is 238 g/mol. The van der Waals surface area contributed by atoms with Gasteiger partial charge in [-0.3, -0.25) is 5.10 Å². The Labute approximate surface area is 102 Å². The van der Waals surface area contributed by atoms with Crippen molar-refractivity contribution in [1.82, 2.24) is 14.5 Å². The number of aromatic amines is 1. The first kappa shape index (κ1) is 12.6. The van der Waals surface area contributed by atoms with Crippen LogP contribution >= 0.6 is 0 Å². The molecule has 1 saturated carbocycles. The first-order valence-corrected chi connectivity index (χ1v) is 7.53. The molecule has 0 bridgehead atoms. The first-order chi connectivity index (χ1) is 8.12. The zero-order chi connectivity index (χ0) is 12.3. The minimum absolute atomic E-state index is 0.136. The van der Waals surface area contributed by atoms with Crippen molar-refractivity contribution in [3.05, 3.63) is 12.4 Å². The van der Waals surface area contributed by atoms with Gasteiger partial charge in [0.15, 0.2) is 0 Å². The summed E-state index contributed by atoms with van der Waals surface area (Å²) in [6.07, 6.45) is 9.41. The molecule has 6 heteroatoms. The second kappa shape index (κ2) is 5.18. The number of H-pyrrole nitrogens is 1. The third kappa shape index (κ3) is 2.69. The average Bonchev–Trinajstić information content (AvgIpc) is 2.72. The number of hydrogen-bond donors (Lipinski definition) is 1. The van der Waals surface area contributed by atoms with E-state index in [1.165, 1.54) is 29.5 Å². The lowest BCUT2D eigenvalue weighted by Crippen LogP contribution is -2.36. The number of rotatable bonds is 3. The summed E-state index contributed by atoms with van der Waals surface area (Å²) >= 11 is 0. The standard InChI is InChI=1S/C11H19N3O2S/c1-14(10-6-4-2-3-5-7-10)17(15,16)11-8-12-13-9-11/h8-10H,2-7H2,1H3,(H,12,13). The van der Waals surface area contributed by atoms with Crippen LogP contribution in [-0.2, 0) is 10.0 Å². The van der Waals surface area contributed by atoms with Crippen LogP contribution in [0.3, 0.4) is 0 Å². The largest absolute Gasteiger partial charge is 0.284 e. The van der Waals surface area contributed by atoms with E-state index in [4.69, 9.17) is 0 Å². The molecule has 1 aliphatic carbocycles. The van der Waals surface area contributed by atoms with E-state index in [0.29, 0.717) is 0 Å². The minimum Gasteiger partial charge on any atom is -0.284 e. The molecule has 0 atom stereocenters. The molecule has 96 valence electrons. The molecular formula is C11H19N3O2S. The van der Waals surface area contributed by atoms with Crippen molar-refractivity contribution in [3.63, 3.8) is 0 Å². The molecule has 0 aliphatic heterocycles. The lowest BCUT2D eigenvalue weighted by molar-refractivity contribution is 0.336. The third-order valence-corrected chi connectivity index (χ3v) is 5.36. The monoisotopic (exact) mass is 257 g/mol. The van der Waals surface area contributed by atoms with Gasteiger partial charge in [0.25, 0.3) is 0 Å². The maximum absolute atomic E-state index is 12.3. The molecule has 1 aromatic heterocycles. The van der Waals surface area contributed by atoms with Crippen LogP contribution in [0.4, 0.5) is 0 Å². The quantitative estimate of drug-likeness (QED) is 0.839. The van der Waals surface area contributed by atoms with Gasteiger partial charge in [0.05, 0.1) is 6.20 Å². The van der Waals surface area contributed by atoms with Crippen molar-refractivity contribution < 1.29 is 8.42 Å². The molecule has 0 unspecified atom stereocenters. The fourth-order valence-corrected chi connectivity index (χ4v) is 3.69. The van der Waals surface area contributed by atoms with Gasteiger partial charge in [0.1, 0.15) is 4.90 Å². The minimum atomic E-state index is -3.37. The van der Waals surface area contributed by atoms with E-state index in [1.54, 1.807) is 7.05 Å². The highest BCUT2D eigenvalue weighted by atomic mass is 32.2. The van der Waals surface area contributed by atoms with Gasteiger partial charge in [-0.2, -0.15) is 9.40 Å². The van der Waals surface area contributed by atoms with Crippen molar-refractivity contribution in [2.75, 3.05) is 7.05 Å². The third-order valence-electron chi connectivity index (χ3n) is 3.49. The molecule has 5 nitrogen and oxygen atoms in total. The summed E-state index contributed by atoms with van der Waals surface area (Å²) in [5, 5.41) is 6.25. The zero-order valence-corrected chi connectivity index (χ0v) is 10.9. The Morgan fingerprint density at radius 2 is 1.94 bits per heavy atom. The van der Waals surface area contributed by atoms with Crippen LogP contribution < -0.4 is 0 Å². The topological polar surface area (TPSA) is 66.1 Å². The fourth-order valence-electron chi connectivity index (χ4n) is 2.36. The Balaban J connectivity index is 2.15. The summed E-state index contributed by atoms with van der Waals surface area (Å²) in [5.74, 6) is 0. The lowest BCUT2D eigenvalue weighted by Gasteiger charge is -2.25. The molecule has 2 rings (SSSR count). The number of nitrogens with one attached hydrogen (secondary N) is 1. The predicted octanol–water partition coefficient (Wildman–Crippen LogP) is 1.75. The van der Waals surface area contributed by atoms with Crippen LogP contribution in [0.25, 0.3) is 0 Å². The molecule has 1 aromatic rings. The van der Waals surface area contributed by atoms with Crippen LogP contribution in [0.15, 0.2) is 17.3 Å². The van der Waals surface area contributed by atoms with Gasteiger partial charge in [-0.15, -0.1) is 0 Å². The molecule has 1 N–H and O–H groups in total. The van der Waals surface area contributed by atoms with E-state index in [0.717, 1.165) is 25.7 Å². The molecule has 0 saturated heterocycles. The Kier molecular flexibility index (Phi) is 3.83. The average molecular weight is 257 g/mol. The zero-order valence-electron chi connectivity index (χ0n) is 10.1. The molecule has 17 heavy (non-hydrogen) atoms. The van der Waals surface area contributed by atoms with E-state index in [1.807, 2.05) is 0 Å². The van der Waals surface area contributed by atoms with Gasteiger partial charge < -0.3 is 0 Å². The maximum atomic E-state index is 12.3. The van der Waals surface area contributed by atoms with Gasteiger partial charge in [-0.05, 0) is 12.8 Å². The molecule has 1 heterocycles. The van der Waals surface area contributed by atoms with E-state index >= 15 is 0 Å². The highest BCUT2D eigenvalue weighted by molar-refractivity contribution is 7.89. The van der Waals surface area contributed by atoms with Gasteiger partial charge in [0, 0.05) is 19.3 Å². The highest BCUT2D eigenvalue weighted by Crippen LogP contribution is 2.25. The number of nitrogens with zero attached hydrogens (tertiary/aromatic N) is 2. The Bertz CT molecular complexity index is 433. The van der Waals surface area contributed by atoms with E-state index < -0.39 is 10.0 Å². The first-order valence-electron chi connectivity index (χ1n) is 6.09. The SMILES string of the molecule is CN(C1CCCCCC1)S(=O)(=O)c1cn[nH]c1. The smallest absolute Gasteiger partial charge is 0.246 e. The second-order valence-electron chi connectivity index (χ2n) is 4.60. The van der Waals surface area contributed by atoms with Gasteiger partial charge in [-0.1, -0.05) is 25.7 Å². The summed E-state index contributed by atoms with van der Waals surface area (Å²) in [7, 11) is -1.69. The summed E-state index contributed by atoms with van der Waals surface area (Å²) in [4.78, 5) is 0.254. The number of hydrogen-bond acceptors (Lipinski definition) is 3. The van der Waals surface area contributed by atoms with Crippen molar-refractivity contribution in [3.8, 4) is 0 Å². The van der Waals surface area contributed by atoms with Gasteiger partial charge in [0.2, 0.25) is 10.0 Å². The van der Waals surface area contributed by atoms with Crippen LogP contribution in [0.1, 0.15) is 38.5 Å². The van der Waals surface area contributed by atoms with Crippen molar-refractivity contribution in [2.24, 2.45) is 0 Å². The van der Waals surface area contributed by atoms with Crippen molar-refractivity contribution in [1.29, 1.82) is 0 Å². The van der Waals surface area contributed by atoms with Crippen molar-refractivity contribution in [2.45, 2.75) is 49.5 Å². The van der Waals surface area contributed by atoms with Crippen LogP contribution in [0.2, 0.25) is 0 Å². The van der Waals surface area contributed by atoms with Gasteiger partial charge in [-0.25, -0.2) is 8.42 Å². The van der Waals surface area contributed by atoms with Gasteiger partial charge >= 0.3 is 0 Å². The molecule has 0 aromatic carbocycles. The van der Waals surface area contributed by atoms with Crippen LogP contribution in [0, 0.1) is 0 Å². The number of aromatic nitrogens is 2. The van der Waals surface area contributed by atoms with E-state index in [-0.39, 0.29) is 10.9 Å². The molecule has 0 spiro atoms. The Morgan fingerprint density at radius 3 is 2.47 bits per heavy atom. The molecule has 1 fully saturated rings. The normalized spacial score (nSPS) is 19.4. The van der Waals surface area contributed by atoms with Crippen LogP contribution in [0.5, 0.6) is 0 Å². The van der Waals surface area contributed by atoms with Crippen molar-refractivity contribution >= 4 is 10.0 Å². The highest BCUT2D eigenvalue weighted by Gasteiger charge is 2.28. The van der Waals surface area contributed by atoms with Crippen LogP contribution in [-0.4, -0.2) is 36.0 Å². The van der Waals surface area contributed by atoms with E-state index in [2.05, 4.69) is 10.2 Å². The molecule has 1 aliphatic rings. The summed E-state index contributed by atoms with van der Waals surface area (Å²) in [6.45, 7) is 0. The lowest BCUT2D eigenvalue weighted by atomic mass is 10.1. The second-order valence-corrected chi connectivity index (χ2v) is 6.60. The summed E-state index contributed by atoms with van der Waals surface area (Å²) in [6, 6.07) is 0.136.